The van der Waals surface area contributed by atoms with Gasteiger partial charge < -0.3 is 10.2 Å². The zero-order chi connectivity index (χ0) is 13.8. The Balaban J connectivity index is 2.04. The molecular weight excluding hydrogens is 252 g/mol. The summed E-state index contributed by atoms with van der Waals surface area (Å²) in [5, 5.41) is 7.39. The Morgan fingerprint density at radius 1 is 1.21 bits per heavy atom. The van der Waals surface area contributed by atoms with Gasteiger partial charge in [0, 0.05) is 23.8 Å². The molecule has 1 unspecified atom stereocenters. The van der Waals surface area contributed by atoms with Gasteiger partial charge in [0.2, 0.25) is 0 Å². The van der Waals surface area contributed by atoms with Crippen molar-refractivity contribution < 1.29 is 0 Å². The molecule has 2 aromatic rings. The van der Waals surface area contributed by atoms with Crippen molar-refractivity contribution in [2.75, 3.05) is 20.6 Å². The molecule has 1 atom stereocenters. The molecule has 2 rings (SSSR count). The number of likely N-dealkylation sites (N-methyl/N-ethyl adjacent to an activating group) is 1. The van der Waals surface area contributed by atoms with Crippen molar-refractivity contribution in [3.63, 3.8) is 0 Å². The lowest BCUT2D eigenvalue weighted by Crippen LogP contribution is -2.41. The molecule has 3 heteroatoms. The fourth-order valence-electron chi connectivity index (χ4n) is 2.32. The topological polar surface area (TPSA) is 15.3 Å². The molecule has 0 aliphatic heterocycles. The molecule has 1 N–H and O–H groups in total. The van der Waals surface area contributed by atoms with E-state index in [2.05, 4.69) is 67.8 Å². The summed E-state index contributed by atoms with van der Waals surface area (Å²) in [6, 6.07) is 9.19. The number of rotatable bonds is 6. The van der Waals surface area contributed by atoms with Crippen LogP contribution in [0.4, 0.5) is 0 Å². The SMILES string of the molecule is CC(C)C(CN(C)C)NCc1csc2ccccc12. The summed E-state index contributed by atoms with van der Waals surface area (Å²) in [6.45, 7) is 6.61. The number of hydrogen-bond acceptors (Lipinski definition) is 3. The Morgan fingerprint density at radius 3 is 2.63 bits per heavy atom. The second kappa shape index (κ2) is 6.51. The maximum absolute atomic E-state index is 3.71. The first-order chi connectivity index (χ1) is 9.08. The lowest BCUT2D eigenvalue weighted by atomic mass is 10.0. The number of benzene rings is 1. The Morgan fingerprint density at radius 2 is 1.95 bits per heavy atom. The summed E-state index contributed by atoms with van der Waals surface area (Å²) in [5.74, 6) is 0.646. The van der Waals surface area contributed by atoms with E-state index in [4.69, 9.17) is 0 Å². The normalized spacial score (nSPS) is 13.6. The van der Waals surface area contributed by atoms with Gasteiger partial charge in [-0.2, -0.15) is 0 Å². The highest BCUT2D eigenvalue weighted by Gasteiger charge is 2.14. The summed E-state index contributed by atoms with van der Waals surface area (Å²) >= 11 is 1.84. The molecule has 1 aromatic heterocycles. The van der Waals surface area contributed by atoms with Crippen LogP contribution in [0.5, 0.6) is 0 Å². The van der Waals surface area contributed by atoms with Gasteiger partial charge in [-0.15, -0.1) is 11.3 Å². The summed E-state index contributed by atoms with van der Waals surface area (Å²) < 4.78 is 1.38. The molecule has 0 aliphatic carbocycles. The van der Waals surface area contributed by atoms with E-state index >= 15 is 0 Å². The Kier molecular flexibility index (Phi) is 4.97. The largest absolute Gasteiger partial charge is 0.308 e. The smallest absolute Gasteiger partial charge is 0.0346 e. The molecular formula is C16H24N2S. The Labute approximate surface area is 120 Å². The van der Waals surface area contributed by atoms with Crippen LogP contribution in [0.1, 0.15) is 19.4 Å². The van der Waals surface area contributed by atoms with Crippen molar-refractivity contribution in [2.24, 2.45) is 5.92 Å². The van der Waals surface area contributed by atoms with Crippen LogP contribution < -0.4 is 5.32 Å². The first-order valence-corrected chi connectivity index (χ1v) is 7.79. The predicted octanol–water partition coefficient (Wildman–Crippen LogP) is 3.58. The molecule has 104 valence electrons. The number of thiophene rings is 1. The molecule has 1 heterocycles. The van der Waals surface area contributed by atoms with E-state index in [-0.39, 0.29) is 0 Å². The molecule has 0 fully saturated rings. The van der Waals surface area contributed by atoms with Crippen LogP contribution in [0.15, 0.2) is 29.6 Å². The van der Waals surface area contributed by atoms with Gasteiger partial charge in [-0.1, -0.05) is 32.0 Å². The van der Waals surface area contributed by atoms with Crippen molar-refractivity contribution in [1.29, 1.82) is 0 Å². The Bertz CT molecular complexity index is 516. The minimum absolute atomic E-state index is 0.536. The van der Waals surface area contributed by atoms with Crippen LogP contribution in [0.25, 0.3) is 10.1 Å². The lowest BCUT2D eigenvalue weighted by Gasteiger charge is -2.25. The number of nitrogens with zero attached hydrogens (tertiary/aromatic N) is 1. The van der Waals surface area contributed by atoms with Crippen LogP contribution in [-0.2, 0) is 6.54 Å². The van der Waals surface area contributed by atoms with Gasteiger partial charge in [-0.25, -0.2) is 0 Å². The van der Waals surface area contributed by atoms with Crippen molar-refractivity contribution in [2.45, 2.75) is 26.4 Å². The molecule has 0 saturated carbocycles. The van der Waals surface area contributed by atoms with Crippen LogP contribution in [0.3, 0.4) is 0 Å². The fraction of sp³-hybridized carbons (Fsp3) is 0.500. The van der Waals surface area contributed by atoms with Gasteiger partial charge in [0.15, 0.2) is 0 Å². The third-order valence-electron chi connectivity index (χ3n) is 3.48. The van der Waals surface area contributed by atoms with E-state index in [1.807, 2.05) is 11.3 Å². The molecule has 0 bridgehead atoms. The summed E-state index contributed by atoms with van der Waals surface area (Å²) in [4.78, 5) is 2.25. The zero-order valence-corrected chi connectivity index (χ0v) is 13.1. The van der Waals surface area contributed by atoms with Crippen LogP contribution >= 0.6 is 11.3 Å². The first-order valence-electron chi connectivity index (χ1n) is 6.91. The second-order valence-corrected chi connectivity index (χ2v) is 6.66. The number of fused-ring (bicyclic) bond motifs is 1. The molecule has 19 heavy (non-hydrogen) atoms. The van der Waals surface area contributed by atoms with Crippen molar-refractivity contribution >= 4 is 21.4 Å². The number of nitrogens with one attached hydrogen (secondary N) is 1. The molecule has 0 amide bonds. The molecule has 0 radical (unpaired) electrons. The van der Waals surface area contributed by atoms with Gasteiger partial charge >= 0.3 is 0 Å². The average molecular weight is 276 g/mol. The maximum atomic E-state index is 3.71. The quantitative estimate of drug-likeness (QED) is 0.867. The molecule has 0 saturated heterocycles. The van der Waals surface area contributed by atoms with Gasteiger partial charge in [0.25, 0.3) is 0 Å². The minimum atomic E-state index is 0.536. The summed E-state index contributed by atoms with van der Waals surface area (Å²) in [6.07, 6.45) is 0. The van der Waals surface area contributed by atoms with Crippen LogP contribution in [0.2, 0.25) is 0 Å². The highest BCUT2D eigenvalue weighted by Crippen LogP contribution is 2.25. The van der Waals surface area contributed by atoms with Gasteiger partial charge in [0.1, 0.15) is 0 Å². The third-order valence-corrected chi connectivity index (χ3v) is 4.49. The molecule has 1 aromatic carbocycles. The lowest BCUT2D eigenvalue weighted by molar-refractivity contribution is 0.288. The fourth-order valence-corrected chi connectivity index (χ4v) is 3.28. The van der Waals surface area contributed by atoms with Crippen LogP contribution in [-0.4, -0.2) is 31.6 Å². The highest BCUT2D eigenvalue weighted by atomic mass is 32.1. The van der Waals surface area contributed by atoms with Gasteiger partial charge in [-0.3, -0.25) is 0 Å². The summed E-state index contributed by atoms with van der Waals surface area (Å²) in [7, 11) is 4.27. The Hall–Kier alpha value is -0.900. The molecule has 0 spiro atoms. The minimum Gasteiger partial charge on any atom is -0.308 e. The van der Waals surface area contributed by atoms with E-state index in [1.54, 1.807) is 0 Å². The van der Waals surface area contributed by atoms with Gasteiger partial charge in [-0.05, 0) is 42.4 Å². The maximum Gasteiger partial charge on any atom is 0.0346 e. The van der Waals surface area contributed by atoms with Crippen molar-refractivity contribution in [3.05, 3.63) is 35.2 Å². The van der Waals surface area contributed by atoms with E-state index in [1.165, 1.54) is 15.6 Å². The molecule has 2 nitrogen and oxygen atoms in total. The zero-order valence-electron chi connectivity index (χ0n) is 12.3. The van der Waals surface area contributed by atoms with E-state index < -0.39 is 0 Å². The first kappa shape index (κ1) is 14.5. The van der Waals surface area contributed by atoms with E-state index in [9.17, 15) is 0 Å². The average Bonchev–Trinajstić information content (AvgIpc) is 2.77. The van der Waals surface area contributed by atoms with Crippen molar-refractivity contribution in [3.8, 4) is 0 Å². The molecule has 0 aliphatic rings. The standard InChI is InChI=1S/C16H24N2S/c1-12(2)15(10-18(3)4)17-9-13-11-19-16-8-6-5-7-14(13)16/h5-8,11-12,15,17H,9-10H2,1-4H3. The highest BCUT2D eigenvalue weighted by molar-refractivity contribution is 7.17. The predicted molar refractivity (Wildman–Crippen MR) is 85.8 cm³/mol. The second-order valence-electron chi connectivity index (χ2n) is 5.75. The van der Waals surface area contributed by atoms with Crippen LogP contribution in [0, 0.1) is 5.92 Å². The third kappa shape index (κ3) is 3.78. The monoisotopic (exact) mass is 276 g/mol. The van der Waals surface area contributed by atoms with E-state index in [0.29, 0.717) is 12.0 Å². The number of hydrogen-bond donors (Lipinski definition) is 1. The summed E-state index contributed by atoms with van der Waals surface area (Å²) in [5.41, 5.74) is 1.42. The van der Waals surface area contributed by atoms with Crippen molar-refractivity contribution in [1.82, 2.24) is 10.2 Å². The van der Waals surface area contributed by atoms with E-state index in [0.717, 1.165) is 13.1 Å². The van der Waals surface area contributed by atoms with Gasteiger partial charge in [0.05, 0.1) is 0 Å².